The van der Waals surface area contributed by atoms with Crippen LogP contribution < -0.4 is 21.5 Å². The van der Waals surface area contributed by atoms with Gasteiger partial charge >= 0.3 is 5.97 Å². The summed E-state index contributed by atoms with van der Waals surface area (Å²) in [5.74, 6) is -2.21. The molecule has 1 aliphatic rings. The summed E-state index contributed by atoms with van der Waals surface area (Å²) in [7, 11) is -3.67. The van der Waals surface area contributed by atoms with E-state index in [1.165, 1.54) is 25.1 Å². The monoisotopic (exact) mass is 611 g/mol. The molecule has 2 atom stereocenters. The maximum Gasteiger partial charge on any atom is 0.336 e. The predicted octanol–water partition coefficient (Wildman–Crippen LogP) is 5.06. The van der Waals surface area contributed by atoms with Gasteiger partial charge < -0.3 is 21.9 Å². The zero-order valence-electron chi connectivity index (χ0n) is 24.2. The van der Waals surface area contributed by atoms with Gasteiger partial charge in [0.05, 0.1) is 17.4 Å². The zero-order chi connectivity index (χ0) is 31.8. The Kier molecular flexibility index (Phi) is 7.92. The maximum absolute atomic E-state index is 12.6. The number of anilines is 2. The lowest BCUT2D eigenvalue weighted by molar-refractivity contribution is 0.0697. The molecule has 2 unspecified atom stereocenters. The van der Waals surface area contributed by atoms with Crippen LogP contribution in [-0.4, -0.2) is 37.0 Å². The number of hydrogen-bond donors (Lipinski definition) is 6. The third kappa shape index (κ3) is 5.86. The zero-order valence-corrected chi connectivity index (χ0v) is 25.0. The number of fused-ring (bicyclic) bond motifs is 1. The average molecular weight is 612 g/mol. The van der Waals surface area contributed by atoms with Crippen molar-refractivity contribution >= 4 is 39.1 Å². The highest BCUT2D eigenvalue weighted by molar-refractivity contribution is 7.92. The lowest BCUT2D eigenvalue weighted by Gasteiger charge is -2.42. The lowest BCUT2D eigenvalue weighted by Crippen LogP contribution is -2.35. The van der Waals surface area contributed by atoms with Crippen LogP contribution >= 0.6 is 0 Å². The molecule has 0 radical (unpaired) electrons. The van der Waals surface area contributed by atoms with Crippen molar-refractivity contribution in [1.82, 2.24) is 0 Å². The summed E-state index contributed by atoms with van der Waals surface area (Å²) in [6.07, 6.45) is 0.543. The number of rotatable bonds is 9. The maximum atomic E-state index is 12.6. The minimum absolute atomic E-state index is 0.0394. The van der Waals surface area contributed by atoms with Crippen LogP contribution in [0.3, 0.4) is 0 Å². The van der Waals surface area contributed by atoms with Gasteiger partial charge in [0.15, 0.2) is 0 Å². The Balaban J connectivity index is 1.71. The smallest absolute Gasteiger partial charge is 0.336 e. The first-order chi connectivity index (χ1) is 20.8. The fourth-order valence-corrected chi connectivity index (χ4v) is 6.40. The van der Waals surface area contributed by atoms with E-state index in [9.17, 15) is 23.1 Å². The van der Waals surface area contributed by atoms with E-state index in [0.717, 1.165) is 22.4 Å². The van der Waals surface area contributed by atoms with E-state index in [-0.39, 0.29) is 34.4 Å². The number of nitrogens with two attached hydrogens (primary N) is 2. The van der Waals surface area contributed by atoms with Crippen molar-refractivity contribution in [2.75, 3.05) is 15.8 Å². The molecular weight excluding hydrogens is 578 g/mol. The number of benzene rings is 4. The molecule has 1 amide bonds. The highest BCUT2D eigenvalue weighted by Crippen LogP contribution is 2.49. The summed E-state index contributed by atoms with van der Waals surface area (Å²) in [5.41, 5.74) is 15.8. The van der Waals surface area contributed by atoms with E-state index in [0.29, 0.717) is 23.1 Å². The second kappa shape index (κ2) is 11.5. The highest BCUT2D eigenvalue weighted by Gasteiger charge is 2.39. The Morgan fingerprint density at radius 3 is 2.34 bits per heavy atom. The van der Waals surface area contributed by atoms with Crippen molar-refractivity contribution < 1.29 is 23.1 Å². The van der Waals surface area contributed by atoms with Crippen molar-refractivity contribution in [2.24, 2.45) is 11.5 Å². The number of nitrogen functional groups attached to an aromatic ring is 1. The van der Waals surface area contributed by atoms with Gasteiger partial charge in [0.2, 0.25) is 15.9 Å². The largest absolute Gasteiger partial charge is 0.478 e. The molecule has 0 fully saturated rings. The number of carboxylic acids is 1. The van der Waals surface area contributed by atoms with Crippen LogP contribution in [0.5, 0.6) is 0 Å². The number of carbonyl (C=O) groups excluding carboxylic acids is 1. The summed E-state index contributed by atoms with van der Waals surface area (Å²) in [6.45, 7) is 3.65. The molecule has 0 spiro atoms. The van der Waals surface area contributed by atoms with Crippen molar-refractivity contribution in [3.63, 3.8) is 0 Å². The molecular formula is C33H33N5O5S. The summed E-state index contributed by atoms with van der Waals surface area (Å²) < 4.78 is 27.9. The lowest BCUT2D eigenvalue weighted by atomic mass is 9.68. The van der Waals surface area contributed by atoms with Gasteiger partial charge in [0.25, 0.3) is 0 Å². The van der Waals surface area contributed by atoms with Gasteiger partial charge in [-0.3, -0.25) is 14.9 Å². The molecule has 5 rings (SSSR count). The van der Waals surface area contributed by atoms with Gasteiger partial charge in [-0.1, -0.05) is 43.3 Å². The van der Waals surface area contributed by atoms with E-state index >= 15 is 0 Å². The van der Waals surface area contributed by atoms with Gasteiger partial charge in [0.1, 0.15) is 5.84 Å². The number of amidine groups is 1. The summed E-state index contributed by atoms with van der Waals surface area (Å²) in [5, 5.41) is 21.6. The van der Waals surface area contributed by atoms with E-state index in [1.807, 2.05) is 48.5 Å². The number of carboxylic acid groups (broad SMARTS) is 1. The standard InChI is InChI=1S/C33H33N5O5S/c1-3-44(42,43)38-24-14-21(25-11-9-20(31(36)39)16-26(25)32(40)41)13-22(15-24)29-18-33(2,23-7-5-4-6-8-23)27-17-19(30(34)35)10-12-28(27)37-29/h4-17,29,37-38H,3,18H2,1-2H3,(H3,34,35)(H2,36,39)(H,40,41). The van der Waals surface area contributed by atoms with Crippen molar-refractivity contribution in [1.29, 1.82) is 5.41 Å². The Labute approximate surface area is 255 Å². The quantitative estimate of drug-likeness (QED) is 0.113. The Bertz CT molecular complexity index is 1910. The van der Waals surface area contributed by atoms with Gasteiger partial charge in [0, 0.05) is 27.9 Å². The first-order valence-electron chi connectivity index (χ1n) is 14.0. The second-order valence-corrected chi connectivity index (χ2v) is 13.1. The fraction of sp³-hybridized carbons (Fsp3) is 0.182. The van der Waals surface area contributed by atoms with Crippen molar-refractivity contribution in [3.8, 4) is 11.1 Å². The van der Waals surface area contributed by atoms with Gasteiger partial charge in [-0.15, -0.1) is 0 Å². The molecule has 0 bridgehead atoms. The van der Waals surface area contributed by atoms with Crippen LogP contribution in [0, 0.1) is 5.41 Å². The minimum atomic E-state index is -3.67. The number of carbonyl (C=O) groups is 2. The van der Waals surface area contributed by atoms with Crippen LogP contribution in [0.2, 0.25) is 0 Å². The van der Waals surface area contributed by atoms with E-state index in [2.05, 4.69) is 17.0 Å². The van der Waals surface area contributed by atoms with Gasteiger partial charge in [-0.25, -0.2) is 13.2 Å². The van der Waals surface area contributed by atoms with E-state index < -0.39 is 27.3 Å². The highest BCUT2D eigenvalue weighted by atomic mass is 32.2. The van der Waals surface area contributed by atoms with Crippen molar-refractivity contribution in [3.05, 3.63) is 118 Å². The molecule has 1 heterocycles. The molecule has 226 valence electrons. The SMILES string of the molecule is CCS(=O)(=O)Nc1cc(-c2ccc(C(N)=O)cc2C(=O)O)cc(C2CC(C)(c3ccccc3)c3cc(C(=N)N)ccc3N2)c1. The molecule has 0 saturated heterocycles. The number of amides is 1. The molecule has 44 heavy (non-hydrogen) atoms. The average Bonchev–Trinajstić information content (AvgIpc) is 3.00. The summed E-state index contributed by atoms with van der Waals surface area (Å²) in [6, 6.07) is 24.5. The molecule has 4 aromatic carbocycles. The van der Waals surface area contributed by atoms with Gasteiger partial charge in [-0.05, 0) is 89.7 Å². The Hall–Kier alpha value is -5.16. The molecule has 0 saturated carbocycles. The first-order valence-corrected chi connectivity index (χ1v) is 15.6. The summed E-state index contributed by atoms with van der Waals surface area (Å²) >= 11 is 0. The Morgan fingerprint density at radius 1 is 1.00 bits per heavy atom. The van der Waals surface area contributed by atoms with Crippen LogP contribution in [0.1, 0.15) is 69.3 Å². The number of nitrogens with one attached hydrogen (secondary N) is 3. The number of sulfonamides is 1. The van der Waals surface area contributed by atoms with Gasteiger partial charge in [-0.2, -0.15) is 0 Å². The molecule has 0 aromatic heterocycles. The van der Waals surface area contributed by atoms with Crippen LogP contribution in [-0.2, 0) is 15.4 Å². The first kappa shape index (κ1) is 30.3. The third-order valence-electron chi connectivity index (χ3n) is 8.13. The predicted molar refractivity (Wildman–Crippen MR) is 172 cm³/mol. The van der Waals surface area contributed by atoms with Crippen LogP contribution in [0.25, 0.3) is 11.1 Å². The van der Waals surface area contributed by atoms with Crippen LogP contribution in [0.4, 0.5) is 11.4 Å². The number of hydrogen-bond acceptors (Lipinski definition) is 6. The third-order valence-corrected chi connectivity index (χ3v) is 9.44. The Morgan fingerprint density at radius 2 is 1.70 bits per heavy atom. The number of aromatic carboxylic acids is 1. The minimum Gasteiger partial charge on any atom is -0.478 e. The molecule has 10 nitrogen and oxygen atoms in total. The summed E-state index contributed by atoms with van der Waals surface area (Å²) in [4.78, 5) is 24.1. The van der Waals surface area contributed by atoms with Crippen molar-refractivity contribution in [2.45, 2.75) is 31.7 Å². The van der Waals surface area contributed by atoms with Crippen LogP contribution in [0.15, 0.2) is 84.9 Å². The second-order valence-electron chi connectivity index (χ2n) is 11.1. The normalized spacial score (nSPS) is 17.6. The number of primary amides is 1. The molecule has 8 N–H and O–H groups in total. The molecule has 4 aromatic rings. The molecule has 1 aliphatic heterocycles. The molecule has 0 aliphatic carbocycles. The fourth-order valence-electron chi connectivity index (χ4n) is 5.78. The molecule has 11 heteroatoms. The topological polar surface area (TPSA) is 188 Å². The van der Waals surface area contributed by atoms with E-state index in [4.69, 9.17) is 16.9 Å². The van der Waals surface area contributed by atoms with E-state index in [1.54, 1.807) is 18.2 Å².